The summed E-state index contributed by atoms with van der Waals surface area (Å²) in [6.07, 6.45) is 6.53. The molecule has 1 N–H and O–H groups in total. The highest BCUT2D eigenvalue weighted by Crippen LogP contribution is 2.29. The number of rotatable bonds is 10. The van der Waals surface area contributed by atoms with Gasteiger partial charge in [0.2, 0.25) is 5.91 Å². The van der Waals surface area contributed by atoms with Crippen LogP contribution in [0.15, 0.2) is 16.3 Å². The maximum Gasteiger partial charge on any atom is 0.252 e. The van der Waals surface area contributed by atoms with Crippen LogP contribution in [0.2, 0.25) is 0 Å². The summed E-state index contributed by atoms with van der Waals surface area (Å²) in [6, 6.07) is 3.38. The molecule has 26 heavy (non-hydrogen) atoms. The second kappa shape index (κ2) is 9.30. The Hall–Kier alpha value is -0.960. The van der Waals surface area contributed by atoms with Crippen LogP contribution in [0, 0.1) is 5.92 Å². The van der Waals surface area contributed by atoms with E-state index in [0.717, 1.165) is 43.1 Å². The lowest BCUT2D eigenvalue weighted by Crippen LogP contribution is -2.35. The van der Waals surface area contributed by atoms with E-state index in [9.17, 15) is 13.2 Å². The monoisotopic (exact) mass is 400 g/mol. The molecule has 0 bridgehead atoms. The normalized spacial score (nSPS) is 18.8. The van der Waals surface area contributed by atoms with Crippen molar-refractivity contribution >= 4 is 27.3 Å². The number of hydrogen-bond acceptors (Lipinski definition) is 5. The summed E-state index contributed by atoms with van der Waals surface area (Å²) in [5, 5.41) is 2.87. The molecule has 1 amide bonds. The number of nitrogens with one attached hydrogen (secondary N) is 1. The number of carbonyl (C=O) groups is 1. The molecule has 1 saturated heterocycles. The van der Waals surface area contributed by atoms with Gasteiger partial charge in [0.1, 0.15) is 4.21 Å². The SMILES string of the molecule is O=C(Cc1ccc(S(=O)(=O)N2CCCCC2)s1)NCCCOCC1CC1. The van der Waals surface area contributed by atoms with Gasteiger partial charge in [0.15, 0.2) is 0 Å². The minimum atomic E-state index is -3.40. The van der Waals surface area contributed by atoms with Gasteiger partial charge in [-0.25, -0.2) is 8.42 Å². The molecule has 8 heteroatoms. The summed E-state index contributed by atoms with van der Waals surface area (Å²) >= 11 is 1.20. The van der Waals surface area contributed by atoms with Gasteiger partial charge in [0, 0.05) is 37.7 Å². The van der Waals surface area contributed by atoms with E-state index >= 15 is 0 Å². The van der Waals surface area contributed by atoms with Crippen molar-refractivity contribution < 1.29 is 17.9 Å². The topological polar surface area (TPSA) is 75.7 Å². The van der Waals surface area contributed by atoms with Crippen molar-refractivity contribution in [1.29, 1.82) is 0 Å². The Kier molecular flexibility index (Phi) is 7.08. The van der Waals surface area contributed by atoms with E-state index in [2.05, 4.69) is 5.32 Å². The van der Waals surface area contributed by atoms with Crippen molar-refractivity contribution in [3.05, 3.63) is 17.0 Å². The molecule has 0 aromatic carbocycles. The second-order valence-electron chi connectivity index (χ2n) is 7.08. The van der Waals surface area contributed by atoms with Crippen molar-refractivity contribution in [2.75, 3.05) is 32.8 Å². The summed E-state index contributed by atoms with van der Waals surface area (Å²) < 4.78 is 32.7. The maximum absolute atomic E-state index is 12.6. The summed E-state index contributed by atoms with van der Waals surface area (Å²) in [6.45, 7) is 3.30. The fraction of sp³-hybridized carbons (Fsp3) is 0.722. The van der Waals surface area contributed by atoms with Crippen molar-refractivity contribution in [1.82, 2.24) is 9.62 Å². The van der Waals surface area contributed by atoms with Gasteiger partial charge in [-0.1, -0.05) is 6.42 Å². The van der Waals surface area contributed by atoms with Crippen molar-refractivity contribution in [3.63, 3.8) is 0 Å². The zero-order valence-electron chi connectivity index (χ0n) is 15.1. The van der Waals surface area contributed by atoms with Gasteiger partial charge < -0.3 is 10.1 Å². The summed E-state index contributed by atoms with van der Waals surface area (Å²) in [4.78, 5) is 12.8. The van der Waals surface area contributed by atoms with E-state index in [1.165, 1.54) is 24.2 Å². The Morgan fingerprint density at radius 3 is 2.73 bits per heavy atom. The van der Waals surface area contributed by atoms with Crippen LogP contribution < -0.4 is 5.32 Å². The molecule has 1 saturated carbocycles. The number of piperidine rings is 1. The summed E-state index contributed by atoms with van der Waals surface area (Å²) in [5.41, 5.74) is 0. The molecule has 6 nitrogen and oxygen atoms in total. The highest BCUT2D eigenvalue weighted by atomic mass is 32.2. The third-order valence-corrected chi connectivity index (χ3v) is 8.17. The molecule has 1 aromatic rings. The Morgan fingerprint density at radius 1 is 1.23 bits per heavy atom. The third kappa shape index (κ3) is 5.77. The number of ether oxygens (including phenoxy) is 1. The van der Waals surface area contributed by atoms with Crippen LogP contribution in [0.1, 0.15) is 43.4 Å². The second-order valence-corrected chi connectivity index (χ2v) is 10.4. The number of hydrogen-bond donors (Lipinski definition) is 1. The number of sulfonamides is 1. The lowest BCUT2D eigenvalue weighted by Gasteiger charge is -2.25. The zero-order valence-corrected chi connectivity index (χ0v) is 16.7. The summed E-state index contributed by atoms with van der Waals surface area (Å²) in [7, 11) is -3.40. The molecule has 2 aliphatic rings. The van der Waals surface area contributed by atoms with Gasteiger partial charge >= 0.3 is 0 Å². The average Bonchev–Trinajstić information content (AvgIpc) is 3.34. The number of thiophene rings is 1. The number of carbonyl (C=O) groups excluding carboxylic acids is 1. The first kappa shape index (κ1) is 19.8. The van der Waals surface area contributed by atoms with Crippen LogP contribution in [0.4, 0.5) is 0 Å². The number of nitrogens with zero attached hydrogens (tertiary/aromatic N) is 1. The van der Waals surface area contributed by atoms with Crippen LogP contribution in [-0.2, 0) is 26.0 Å². The van der Waals surface area contributed by atoms with E-state index in [4.69, 9.17) is 4.74 Å². The molecule has 146 valence electrons. The standard InChI is InChI=1S/C18H28N2O4S2/c21-17(19-9-4-12-24-14-15-5-6-15)13-16-7-8-18(25-16)26(22,23)20-10-2-1-3-11-20/h7-8,15H,1-6,9-14H2,(H,19,21). The highest BCUT2D eigenvalue weighted by Gasteiger charge is 2.27. The molecule has 3 rings (SSSR count). The summed E-state index contributed by atoms with van der Waals surface area (Å²) in [5.74, 6) is 0.690. The minimum Gasteiger partial charge on any atom is -0.381 e. The quantitative estimate of drug-likeness (QED) is 0.612. The Labute approximate surface area is 160 Å². The first-order chi connectivity index (χ1) is 12.6. The van der Waals surface area contributed by atoms with Gasteiger partial charge in [-0.2, -0.15) is 4.31 Å². The molecular weight excluding hydrogens is 372 g/mol. The van der Waals surface area contributed by atoms with Crippen molar-refractivity contribution in [2.24, 2.45) is 5.92 Å². The third-order valence-electron chi connectivity index (χ3n) is 4.72. The van der Waals surface area contributed by atoms with Gasteiger partial charge in [0.05, 0.1) is 6.42 Å². The van der Waals surface area contributed by atoms with Gasteiger partial charge in [-0.15, -0.1) is 11.3 Å². The lowest BCUT2D eigenvalue weighted by atomic mass is 10.2. The van der Waals surface area contributed by atoms with E-state index in [1.54, 1.807) is 16.4 Å². The smallest absolute Gasteiger partial charge is 0.252 e. The van der Waals surface area contributed by atoms with Crippen LogP contribution in [0.5, 0.6) is 0 Å². The molecular formula is C18H28N2O4S2. The lowest BCUT2D eigenvalue weighted by molar-refractivity contribution is -0.120. The Balaban J connectivity index is 1.40. The van der Waals surface area contributed by atoms with Crippen LogP contribution >= 0.6 is 11.3 Å². The Morgan fingerprint density at radius 2 is 2.00 bits per heavy atom. The molecule has 1 aromatic heterocycles. The first-order valence-electron chi connectivity index (χ1n) is 9.49. The fourth-order valence-electron chi connectivity index (χ4n) is 2.98. The van der Waals surface area contributed by atoms with Crippen molar-refractivity contribution in [2.45, 2.75) is 49.2 Å². The largest absolute Gasteiger partial charge is 0.381 e. The molecule has 1 aliphatic carbocycles. The molecule has 2 fully saturated rings. The van der Waals surface area contributed by atoms with Gasteiger partial charge in [0.25, 0.3) is 10.0 Å². The maximum atomic E-state index is 12.6. The van der Waals surface area contributed by atoms with Gasteiger partial charge in [-0.05, 0) is 50.2 Å². The van der Waals surface area contributed by atoms with Crippen LogP contribution in [0.3, 0.4) is 0 Å². The predicted molar refractivity (Wildman–Crippen MR) is 102 cm³/mol. The van der Waals surface area contributed by atoms with Crippen molar-refractivity contribution in [3.8, 4) is 0 Å². The predicted octanol–water partition coefficient (Wildman–Crippen LogP) is 2.40. The number of amides is 1. The molecule has 1 aliphatic heterocycles. The van der Waals surface area contributed by atoms with E-state index in [0.29, 0.717) is 30.5 Å². The Bertz CT molecular complexity index is 692. The van der Waals surface area contributed by atoms with Crippen LogP contribution in [0.25, 0.3) is 0 Å². The molecule has 0 unspecified atom stereocenters. The molecule has 0 spiro atoms. The molecule has 0 radical (unpaired) electrons. The first-order valence-corrected chi connectivity index (χ1v) is 11.7. The average molecular weight is 401 g/mol. The minimum absolute atomic E-state index is 0.0732. The van der Waals surface area contributed by atoms with Gasteiger partial charge in [-0.3, -0.25) is 4.79 Å². The fourth-order valence-corrected chi connectivity index (χ4v) is 6.01. The highest BCUT2D eigenvalue weighted by molar-refractivity contribution is 7.91. The molecule has 2 heterocycles. The van der Waals surface area contributed by atoms with E-state index < -0.39 is 10.0 Å². The van der Waals surface area contributed by atoms with E-state index in [-0.39, 0.29) is 12.3 Å². The zero-order chi connectivity index (χ0) is 18.4. The molecule has 0 atom stereocenters. The van der Waals surface area contributed by atoms with Crippen LogP contribution in [-0.4, -0.2) is 51.5 Å². The van der Waals surface area contributed by atoms with E-state index in [1.807, 2.05) is 0 Å².